The molecule has 0 radical (unpaired) electrons. The molecule has 1 atom stereocenters. The van der Waals surface area contributed by atoms with Gasteiger partial charge in [-0.05, 0) is 56.1 Å². The van der Waals surface area contributed by atoms with Gasteiger partial charge in [0, 0.05) is 19.0 Å². The SMILES string of the molecule is COc1ccc(-n2nc(C3CCCN(Cc4cccc(C)c4)C3)[nH]c2=O)cc1. The van der Waals surface area contributed by atoms with E-state index >= 15 is 0 Å². The van der Waals surface area contributed by atoms with Gasteiger partial charge in [-0.1, -0.05) is 29.8 Å². The molecule has 0 aliphatic carbocycles. The van der Waals surface area contributed by atoms with E-state index in [4.69, 9.17) is 4.74 Å². The molecule has 0 amide bonds. The summed E-state index contributed by atoms with van der Waals surface area (Å²) in [6.07, 6.45) is 2.15. The number of aromatic amines is 1. The first kappa shape index (κ1) is 18.5. The molecular weight excluding hydrogens is 352 g/mol. The minimum absolute atomic E-state index is 0.198. The van der Waals surface area contributed by atoms with Crippen molar-refractivity contribution in [3.8, 4) is 11.4 Å². The highest BCUT2D eigenvalue weighted by atomic mass is 16.5. The van der Waals surface area contributed by atoms with Gasteiger partial charge in [0.2, 0.25) is 0 Å². The van der Waals surface area contributed by atoms with Crippen LogP contribution in [0.3, 0.4) is 0 Å². The third-order valence-electron chi connectivity index (χ3n) is 5.33. The quantitative estimate of drug-likeness (QED) is 0.740. The summed E-state index contributed by atoms with van der Waals surface area (Å²) in [7, 11) is 1.62. The van der Waals surface area contributed by atoms with E-state index in [9.17, 15) is 4.79 Å². The molecule has 6 heteroatoms. The maximum absolute atomic E-state index is 12.4. The molecule has 4 rings (SSSR count). The molecule has 1 saturated heterocycles. The van der Waals surface area contributed by atoms with Crippen molar-refractivity contribution in [1.82, 2.24) is 19.7 Å². The summed E-state index contributed by atoms with van der Waals surface area (Å²) in [6.45, 7) is 5.04. The summed E-state index contributed by atoms with van der Waals surface area (Å²) in [6, 6.07) is 16.0. The minimum Gasteiger partial charge on any atom is -0.497 e. The Labute approximate surface area is 164 Å². The van der Waals surface area contributed by atoms with Crippen LogP contribution in [0.15, 0.2) is 53.3 Å². The van der Waals surface area contributed by atoms with Crippen LogP contribution in [-0.2, 0) is 6.54 Å². The van der Waals surface area contributed by atoms with E-state index in [0.29, 0.717) is 0 Å². The highest BCUT2D eigenvalue weighted by molar-refractivity contribution is 5.36. The molecule has 28 heavy (non-hydrogen) atoms. The predicted octanol–water partition coefficient (Wildman–Crippen LogP) is 3.26. The van der Waals surface area contributed by atoms with Gasteiger partial charge in [0.25, 0.3) is 0 Å². The lowest BCUT2D eigenvalue weighted by molar-refractivity contribution is 0.196. The van der Waals surface area contributed by atoms with Crippen molar-refractivity contribution in [2.45, 2.75) is 32.2 Å². The molecule has 1 unspecified atom stereocenters. The van der Waals surface area contributed by atoms with Crippen LogP contribution >= 0.6 is 0 Å². The van der Waals surface area contributed by atoms with E-state index in [1.54, 1.807) is 7.11 Å². The molecule has 1 N–H and O–H groups in total. The fourth-order valence-electron chi connectivity index (χ4n) is 3.91. The first-order chi connectivity index (χ1) is 13.6. The molecule has 2 heterocycles. The van der Waals surface area contributed by atoms with Crippen LogP contribution < -0.4 is 10.4 Å². The Morgan fingerprint density at radius 3 is 2.79 bits per heavy atom. The number of nitrogens with zero attached hydrogens (tertiary/aromatic N) is 3. The van der Waals surface area contributed by atoms with Gasteiger partial charge in [0.15, 0.2) is 0 Å². The number of benzene rings is 2. The van der Waals surface area contributed by atoms with Gasteiger partial charge in [-0.25, -0.2) is 4.79 Å². The predicted molar refractivity (Wildman–Crippen MR) is 109 cm³/mol. The molecule has 1 aromatic heterocycles. The molecule has 6 nitrogen and oxygen atoms in total. The Hall–Kier alpha value is -2.86. The van der Waals surface area contributed by atoms with Crippen LogP contribution in [0, 0.1) is 6.92 Å². The molecule has 0 spiro atoms. The number of hydrogen-bond donors (Lipinski definition) is 1. The smallest absolute Gasteiger partial charge is 0.348 e. The van der Waals surface area contributed by atoms with Gasteiger partial charge in [-0.3, -0.25) is 9.88 Å². The van der Waals surface area contributed by atoms with Crippen LogP contribution in [0.2, 0.25) is 0 Å². The summed E-state index contributed by atoms with van der Waals surface area (Å²) < 4.78 is 6.62. The summed E-state index contributed by atoms with van der Waals surface area (Å²) in [5.74, 6) is 1.77. The summed E-state index contributed by atoms with van der Waals surface area (Å²) >= 11 is 0. The number of rotatable bonds is 5. The van der Waals surface area contributed by atoms with Crippen molar-refractivity contribution in [1.29, 1.82) is 0 Å². The molecule has 1 aliphatic rings. The number of aromatic nitrogens is 3. The molecule has 3 aromatic rings. The standard InChI is InChI=1S/C22H26N4O2/c1-16-5-3-6-17(13-16)14-25-12-4-7-18(15-25)21-23-22(27)26(24-21)19-8-10-20(28-2)11-9-19/h3,5-6,8-11,13,18H,4,7,12,14-15H2,1-2H3,(H,23,24,27). The van der Waals surface area contributed by atoms with Crippen LogP contribution in [-0.4, -0.2) is 39.9 Å². The van der Waals surface area contributed by atoms with E-state index in [0.717, 1.165) is 49.7 Å². The van der Waals surface area contributed by atoms with Crippen molar-refractivity contribution in [2.75, 3.05) is 20.2 Å². The van der Waals surface area contributed by atoms with Crippen LogP contribution in [0.25, 0.3) is 5.69 Å². The Morgan fingerprint density at radius 1 is 1.21 bits per heavy atom. The molecule has 1 aliphatic heterocycles. The average Bonchev–Trinajstić information content (AvgIpc) is 3.10. The summed E-state index contributed by atoms with van der Waals surface area (Å²) in [4.78, 5) is 17.9. The van der Waals surface area contributed by atoms with Gasteiger partial charge in [0.05, 0.1) is 12.8 Å². The highest BCUT2D eigenvalue weighted by Gasteiger charge is 2.25. The fourth-order valence-corrected chi connectivity index (χ4v) is 3.91. The molecule has 146 valence electrons. The van der Waals surface area contributed by atoms with Gasteiger partial charge in [-0.15, -0.1) is 5.10 Å². The summed E-state index contributed by atoms with van der Waals surface area (Å²) in [5, 5.41) is 4.60. The Kier molecular flexibility index (Phi) is 5.30. The first-order valence-corrected chi connectivity index (χ1v) is 9.74. The Bertz CT molecular complexity index is 990. The van der Waals surface area contributed by atoms with E-state index in [1.165, 1.54) is 15.8 Å². The van der Waals surface area contributed by atoms with Crippen LogP contribution in [0.1, 0.15) is 35.7 Å². The first-order valence-electron chi connectivity index (χ1n) is 9.74. The van der Waals surface area contributed by atoms with Crippen molar-refractivity contribution < 1.29 is 4.74 Å². The Balaban J connectivity index is 1.50. The fraction of sp³-hybridized carbons (Fsp3) is 0.364. The van der Waals surface area contributed by atoms with Crippen molar-refractivity contribution in [3.05, 3.63) is 76.0 Å². The maximum Gasteiger partial charge on any atom is 0.348 e. The number of methoxy groups -OCH3 is 1. The van der Waals surface area contributed by atoms with Crippen molar-refractivity contribution >= 4 is 0 Å². The van der Waals surface area contributed by atoms with Crippen molar-refractivity contribution in [2.24, 2.45) is 0 Å². The van der Waals surface area contributed by atoms with E-state index in [1.807, 2.05) is 24.3 Å². The number of ether oxygens (including phenoxy) is 1. The third kappa shape index (κ3) is 4.02. The second-order valence-corrected chi connectivity index (χ2v) is 7.49. The zero-order valence-electron chi connectivity index (χ0n) is 16.4. The van der Waals surface area contributed by atoms with Gasteiger partial charge in [0.1, 0.15) is 11.6 Å². The van der Waals surface area contributed by atoms with E-state index in [-0.39, 0.29) is 11.6 Å². The van der Waals surface area contributed by atoms with Gasteiger partial charge >= 0.3 is 5.69 Å². The van der Waals surface area contributed by atoms with Gasteiger partial charge in [-0.2, -0.15) is 4.68 Å². The topological polar surface area (TPSA) is 63.1 Å². The second kappa shape index (κ2) is 8.02. The molecule has 0 saturated carbocycles. The number of hydrogen-bond acceptors (Lipinski definition) is 4. The average molecular weight is 378 g/mol. The lowest BCUT2D eigenvalue weighted by atomic mass is 9.97. The molecule has 0 bridgehead atoms. The molecular formula is C22H26N4O2. The second-order valence-electron chi connectivity index (χ2n) is 7.49. The number of likely N-dealkylation sites (tertiary alicyclic amines) is 1. The van der Waals surface area contributed by atoms with Crippen LogP contribution in [0.5, 0.6) is 5.75 Å². The monoisotopic (exact) mass is 378 g/mol. The molecule has 1 fully saturated rings. The zero-order chi connectivity index (χ0) is 19.5. The molecule has 2 aromatic carbocycles. The van der Waals surface area contributed by atoms with Crippen LogP contribution in [0.4, 0.5) is 0 Å². The minimum atomic E-state index is -0.198. The zero-order valence-corrected chi connectivity index (χ0v) is 16.4. The number of nitrogens with one attached hydrogen (secondary N) is 1. The maximum atomic E-state index is 12.4. The Morgan fingerprint density at radius 2 is 2.04 bits per heavy atom. The third-order valence-corrected chi connectivity index (χ3v) is 5.33. The number of H-pyrrole nitrogens is 1. The number of piperidine rings is 1. The summed E-state index contributed by atoms with van der Waals surface area (Å²) in [5.41, 5.74) is 3.16. The van der Waals surface area contributed by atoms with E-state index < -0.39 is 0 Å². The largest absolute Gasteiger partial charge is 0.497 e. The lowest BCUT2D eigenvalue weighted by Crippen LogP contribution is -2.34. The highest BCUT2D eigenvalue weighted by Crippen LogP contribution is 2.25. The number of aryl methyl sites for hydroxylation is 1. The lowest BCUT2D eigenvalue weighted by Gasteiger charge is -2.31. The normalized spacial score (nSPS) is 17.6. The van der Waals surface area contributed by atoms with E-state index in [2.05, 4.69) is 46.2 Å². The van der Waals surface area contributed by atoms with Gasteiger partial charge < -0.3 is 4.74 Å². The van der Waals surface area contributed by atoms with Crippen molar-refractivity contribution in [3.63, 3.8) is 0 Å².